The Morgan fingerprint density at radius 3 is 2.80 bits per heavy atom. The molecule has 0 saturated heterocycles. The van der Waals surface area contributed by atoms with Gasteiger partial charge in [-0.15, -0.1) is 0 Å². The third-order valence-corrected chi connectivity index (χ3v) is 4.55. The van der Waals surface area contributed by atoms with Crippen molar-refractivity contribution in [3.63, 3.8) is 0 Å². The fraction of sp³-hybridized carbons (Fsp3) is 0.529. The SMILES string of the molecule is CCC(Nc1cnnc2ccccc12)C1CCCCC1. The van der Waals surface area contributed by atoms with Crippen molar-refractivity contribution >= 4 is 16.6 Å². The highest BCUT2D eigenvalue weighted by Crippen LogP contribution is 2.30. The number of nitrogens with zero attached hydrogens (tertiary/aromatic N) is 2. The number of anilines is 1. The normalized spacial score (nSPS) is 18.1. The molecule has 1 heterocycles. The molecule has 0 radical (unpaired) electrons. The second-order valence-corrected chi connectivity index (χ2v) is 5.83. The molecule has 0 spiro atoms. The zero-order valence-corrected chi connectivity index (χ0v) is 12.2. The van der Waals surface area contributed by atoms with E-state index in [9.17, 15) is 0 Å². The summed E-state index contributed by atoms with van der Waals surface area (Å²) < 4.78 is 0. The van der Waals surface area contributed by atoms with Crippen LogP contribution in [0.1, 0.15) is 45.4 Å². The Labute approximate surface area is 120 Å². The summed E-state index contributed by atoms with van der Waals surface area (Å²) in [5.74, 6) is 0.806. The summed E-state index contributed by atoms with van der Waals surface area (Å²) in [7, 11) is 0. The molecule has 106 valence electrons. The highest BCUT2D eigenvalue weighted by molar-refractivity contribution is 5.90. The van der Waals surface area contributed by atoms with E-state index >= 15 is 0 Å². The summed E-state index contributed by atoms with van der Waals surface area (Å²) in [4.78, 5) is 0. The Morgan fingerprint density at radius 2 is 2.00 bits per heavy atom. The fourth-order valence-electron chi connectivity index (χ4n) is 3.41. The highest BCUT2D eigenvalue weighted by Gasteiger charge is 2.22. The maximum Gasteiger partial charge on any atom is 0.0950 e. The lowest BCUT2D eigenvalue weighted by molar-refractivity contribution is 0.313. The third-order valence-electron chi connectivity index (χ3n) is 4.55. The number of aromatic nitrogens is 2. The van der Waals surface area contributed by atoms with E-state index in [2.05, 4.69) is 34.6 Å². The van der Waals surface area contributed by atoms with Gasteiger partial charge in [-0.25, -0.2) is 0 Å². The lowest BCUT2D eigenvalue weighted by Crippen LogP contribution is -2.30. The first-order valence-corrected chi connectivity index (χ1v) is 7.85. The minimum absolute atomic E-state index is 0.558. The van der Waals surface area contributed by atoms with E-state index in [-0.39, 0.29) is 0 Å². The van der Waals surface area contributed by atoms with E-state index in [1.54, 1.807) is 0 Å². The topological polar surface area (TPSA) is 37.8 Å². The Hall–Kier alpha value is -1.64. The molecule has 1 atom stereocenters. The van der Waals surface area contributed by atoms with Crippen molar-refractivity contribution in [1.29, 1.82) is 0 Å². The number of rotatable bonds is 4. The quantitative estimate of drug-likeness (QED) is 0.894. The zero-order valence-electron chi connectivity index (χ0n) is 12.2. The van der Waals surface area contributed by atoms with Gasteiger partial charge in [0.25, 0.3) is 0 Å². The zero-order chi connectivity index (χ0) is 13.8. The van der Waals surface area contributed by atoms with E-state index < -0.39 is 0 Å². The number of hydrogen-bond acceptors (Lipinski definition) is 3. The van der Waals surface area contributed by atoms with Crippen molar-refractivity contribution in [2.75, 3.05) is 5.32 Å². The molecule has 1 aliphatic rings. The van der Waals surface area contributed by atoms with Gasteiger partial charge in [-0.3, -0.25) is 0 Å². The van der Waals surface area contributed by atoms with Crippen molar-refractivity contribution < 1.29 is 0 Å². The predicted octanol–water partition coefficient (Wildman–Crippen LogP) is 4.40. The van der Waals surface area contributed by atoms with Crippen LogP contribution in [0.15, 0.2) is 30.5 Å². The maximum atomic E-state index is 4.20. The molecule has 1 N–H and O–H groups in total. The van der Waals surface area contributed by atoms with E-state index in [4.69, 9.17) is 0 Å². The average molecular weight is 269 g/mol. The van der Waals surface area contributed by atoms with E-state index in [0.717, 1.165) is 17.1 Å². The van der Waals surface area contributed by atoms with Crippen LogP contribution in [0.5, 0.6) is 0 Å². The molecule has 1 aliphatic carbocycles. The van der Waals surface area contributed by atoms with Crippen LogP contribution in [0.25, 0.3) is 10.9 Å². The molecule has 3 rings (SSSR count). The number of nitrogens with one attached hydrogen (secondary N) is 1. The first-order valence-electron chi connectivity index (χ1n) is 7.85. The number of benzene rings is 1. The van der Waals surface area contributed by atoms with Gasteiger partial charge in [-0.05, 0) is 31.2 Å². The molecule has 0 bridgehead atoms. The minimum atomic E-state index is 0.558. The Morgan fingerprint density at radius 1 is 1.20 bits per heavy atom. The largest absolute Gasteiger partial charge is 0.380 e. The molecular formula is C17H23N3. The molecule has 3 nitrogen and oxygen atoms in total. The molecule has 2 aromatic rings. The van der Waals surface area contributed by atoms with Crippen molar-refractivity contribution in [1.82, 2.24) is 10.2 Å². The van der Waals surface area contributed by atoms with Crippen LogP contribution in [-0.2, 0) is 0 Å². The van der Waals surface area contributed by atoms with Gasteiger partial charge in [0.2, 0.25) is 0 Å². The Balaban J connectivity index is 1.83. The molecule has 1 fully saturated rings. The number of fused-ring (bicyclic) bond motifs is 1. The predicted molar refractivity (Wildman–Crippen MR) is 83.8 cm³/mol. The van der Waals surface area contributed by atoms with Crippen LogP contribution < -0.4 is 5.32 Å². The van der Waals surface area contributed by atoms with Crippen LogP contribution >= 0.6 is 0 Å². The standard InChI is InChI=1S/C17H23N3/c1-2-15(13-8-4-3-5-9-13)19-17-12-18-20-16-11-7-6-10-14(16)17/h6-7,10-13,15H,2-5,8-9H2,1H3,(H,19,20). The third kappa shape index (κ3) is 2.77. The second-order valence-electron chi connectivity index (χ2n) is 5.83. The Kier molecular flexibility index (Phi) is 4.14. The highest BCUT2D eigenvalue weighted by atomic mass is 15.1. The molecule has 1 aromatic heterocycles. The lowest BCUT2D eigenvalue weighted by Gasteiger charge is -2.31. The molecule has 20 heavy (non-hydrogen) atoms. The first kappa shape index (κ1) is 13.3. The van der Waals surface area contributed by atoms with Crippen molar-refractivity contribution in [3.05, 3.63) is 30.5 Å². The van der Waals surface area contributed by atoms with Crippen molar-refractivity contribution in [2.24, 2.45) is 5.92 Å². The molecule has 1 unspecified atom stereocenters. The minimum Gasteiger partial charge on any atom is -0.380 e. The van der Waals surface area contributed by atoms with Gasteiger partial charge >= 0.3 is 0 Å². The summed E-state index contributed by atoms with van der Waals surface area (Å²) in [5.41, 5.74) is 2.10. The smallest absolute Gasteiger partial charge is 0.0950 e. The van der Waals surface area contributed by atoms with Gasteiger partial charge in [0.15, 0.2) is 0 Å². The lowest BCUT2D eigenvalue weighted by atomic mass is 9.83. The van der Waals surface area contributed by atoms with Gasteiger partial charge < -0.3 is 5.32 Å². The summed E-state index contributed by atoms with van der Waals surface area (Å²) in [5, 5.41) is 13.2. The summed E-state index contributed by atoms with van der Waals surface area (Å²) in [6, 6.07) is 8.79. The van der Waals surface area contributed by atoms with E-state index in [1.165, 1.54) is 43.9 Å². The summed E-state index contributed by atoms with van der Waals surface area (Å²) in [6.07, 6.45) is 9.95. The second kappa shape index (κ2) is 6.21. The monoisotopic (exact) mass is 269 g/mol. The molecule has 1 saturated carbocycles. The van der Waals surface area contributed by atoms with Gasteiger partial charge in [0, 0.05) is 11.4 Å². The van der Waals surface area contributed by atoms with Gasteiger partial charge in [-0.1, -0.05) is 44.4 Å². The van der Waals surface area contributed by atoms with Crippen LogP contribution in [-0.4, -0.2) is 16.2 Å². The average Bonchev–Trinajstić information content (AvgIpc) is 2.53. The number of hydrogen-bond donors (Lipinski definition) is 1. The molecular weight excluding hydrogens is 246 g/mol. The maximum absolute atomic E-state index is 4.20. The Bertz CT molecular complexity index is 556. The summed E-state index contributed by atoms with van der Waals surface area (Å²) >= 11 is 0. The fourth-order valence-corrected chi connectivity index (χ4v) is 3.41. The molecule has 3 heteroatoms. The summed E-state index contributed by atoms with van der Waals surface area (Å²) in [6.45, 7) is 2.28. The van der Waals surface area contributed by atoms with Crippen LogP contribution in [0.4, 0.5) is 5.69 Å². The van der Waals surface area contributed by atoms with E-state index in [1.807, 2.05) is 18.3 Å². The van der Waals surface area contributed by atoms with Crippen LogP contribution in [0.3, 0.4) is 0 Å². The first-order chi connectivity index (χ1) is 9.88. The van der Waals surface area contributed by atoms with E-state index in [0.29, 0.717) is 6.04 Å². The molecule has 1 aromatic carbocycles. The molecule has 0 aliphatic heterocycles. The van der Waals surface area contributed by atoms with Crippen LogP contribution in [0, 0.1) is 5.92 Å². The van der Waals surface area contributed by atoms with Gasteiger partial charge in [-0.2, -0.15) is 10.2 Å². The van der Waals surface area contributed by atoms with Crippen molar-refractivity contribution in [2.45, 2.75) is 51.5 Å². The van der Waals surface area contributed by atoms with Gasteiger partial charge in [0.1, 0.15) is 0 Å². The van der Waals surface area contributed by atoms with Crippen molar-refractivity contribution in [3.8, 4) is 0 Å². The van der Waals surface area contributed by atoms with Crippen LogP contribution in [0.2, 0.25) is 0 Å². The molecule has 0 amide bonds. The van der Waals surface area contributed by atoms with Gasteiger partial charge in [0.05, 0.1) is 17.4 Å².